The number of halogens is 1. The molecule has 1 fully saturated rings. The number of aryl methyl sites for hydroxylation is 2. The minimum Gasteiger partial charge on any atom is -0.481 e. The molecule has 1 amide bonds. The second-order valence-electron chi connectivity index (χ2n) is 8.46. The van der Waals surface area contributed by atoms with Gasteiger partial charge in [0.15, 0.2) is 11.8 Å². The van der Waals surface area contributed by atoms with E-state index in [2.05, 4.69) is 29.8 Å². The summed E-state index contributed by atoms with van der Waals surface area (Å²) in [6.45, 7) is 6.01. The summed E-state index contributed by atoms with van der Waals surface area (Å²) in [6, 6.07) is 21.4. The Morgan fingerprint density at radius 1 is 0.974 bits per heavy atom. The Balaban J connectivity index is 1.72. The minimum absolute atomic E-state index is 0.181. The van der Waals surface area contributed by atoms with Crippen molar-refractivity contribution in [1.29, 1.82) is 0 Å². The van der Waals surface area contributed by atoms with E-state index < -0.39 is 5.97 Å². The predicted molar refractivity (Wildman–Crippen MR) is 158 cm³/mol. The number of nitrogens with zero attached hydrogens (tertiary/aromatic N) is 2. The van der Waals surface area contributed by atoms with Gasteiger partial charge in [-0.25, -0.2) is 9.79 Å². The molecule has 1 aliphatic rings. The zero-order chi connectivity index (χ0) is 27.1. The van der Waals surface area contributed by atoms with Gasteiger partial charge in [0.25, 0.3) is 5.91 Å². The van der Waals surface area contributed by atoms with Crippen LogP contribution in [0.2, 0.25) is 0 Å². The smallest absolute Gasteiger partial charge is 0.344 e. The van der Waals surface area contributed by atoms with E-state index in [1.54, 1.807) is 24.0 Å². The van der Waals surface area contributed by atoms with Crippen LogP contribution in [-0.4, -0.2) is 30.3 Å². The van der Waals surface area contributed by atoms with Gasteiger partial charge in [0.1, 0.15) is 5.75 Å². The van der Waals surface area contributed by atoms with Crippen molar-refractivity contribution in [2.45, 2.75) is 33.6 Å². The van der Waals surface area contributed by atoms with E-state index in [1.165, 1.54) is 22.9 Å². The molecule has 1 heterocycles. The number of aliphatic imine (C=N–C) groups is 1. The monoisotopic (exact) mass is 592 g/mol. The fraction of sp³-hybridized carbons (Fsp3) is 0.233. The van der Waals surface area contributed by atoms with Crippen LogP contribution in [0.25, 0.3) is 6.08 Å². The summed E-state index contributed by atoms with van der Waals surface area (Å²) in [5.41, 5.74) is 4.60. The van der Waals surface area contributed by atoms with Gasteiger partial charge in [-0.2, -0.15) is 0 Å². The molecule has 38 heavy (non-hydrogen) atoms. The molecule has 0 N–H and O–H groups in total. The molecule has 8 heteroatoms. The normalized spacial score (nSPS) is 15.4. The quantitative estimate of drug-likeness (QED) is 0.192. The highest BCUT2D eigenvalue weighted by Gasteiger charge is 2.35. The summed E-state index contributed by atoms with van der Waals surface area (Å²) < 4.78 is 11.5. The molecule has 0 spiro atoms. The van der Waals surface area contributed by atoms with Crippen LogP contribution in [0, 0.1) is 0 Å². The molecular weight excluding hydrogens is 564 g/mol. The Kier molecular flexibility index (Phi) is 9.42. The number of rotatable bonds is 9. The molecular formula is C30H29BrN2O4S. The second kappa shape index (κ2) is 12.9. The first-order valence-corrected chi connectivity index (χ1v) is 14.1. The molecule has 1 aliphatic heterocycles. The first kappa shape index (κ1) is 27.7. The van der Waals surface area contributed by atoms with Crippen molar-refractivity contribution in [2.24, 2.45) is 4.99 Å². The maximum Gasteiger partial charge on any atom is 0.344 e. The van der Waals surface area contributed by atoms with Gasteiger partial charge in [-0.3, -0.25) is 9.69 Å². The fourth-order valence-corrected chi connectivity index (χ4v) is 5.19. The van der Waals surface area contributed by atoms with E-state index in [9.17, 15) is 9.59 Å². The van der Waals surface area contributed by atoms with Crippen LogP contribution in [-0.2, 0) is 27.2 Å². The molecule has 0 aromatic heterocycles. The standard InChI is InChI=1S/C30H29BrN2O4S/c1-4-20-7-12-24(13-8-20)32-30-33(25-14-9-21(5-2)10-15-25)29(35)27(38-30)18-22-17-23(31)11-16-26(22)37-19-28(34)36-6-3/h7-18H,4-6,19H2,1-3H3/b27-18-,32-30?. The maximum atomic E-state index is 13.7. The number of amidine groups is 1. The number of thioether (sulfide) groups is 1. The third-order valence-electron chi connectivity index (χ3n) is 5.89. The van der Waals surface area contributed by atoms with E-state index in [0.717, 1.165) is 28.7 Å². The molecule has 0 radical (unpaired) electrons. The number of hydrogen-bond donors (Lipinski definition) is 0. The lowest BCUT2D eigenvalue weighted by Gasteiger charge is -2.16. The van der Waals surface area contributed by atoms with Crippen LogP contribution < -0.4 is 9.64 Å². The van der Waals surface area contributed by atoms with Crippen molar-refractivity contribution >= 4 is 62.2 Å². The summed E-state index contributed by atoms with van der Waals surface area (Å²) in [4.78, 5) is 32.6. The average molecular weight is 594 g/mol. The van der Waals surface area contributed by atoms with E-state index in [4.69, 9.17) is 14.5 Å². The van der Waals surface area contributed by atoms with Gasteiger partial charge >= 0.3 is 5.97 Å². The minimum atomic E-state index is -0.453. The van der Waals surface area contributed by atoms with Crippen molar-refractivity contribution in [2.75, 3.05) is 18.1 Å². The lowest BCUT2D eigenvalue weighted by Crippen LogP contribution is -2.28. The molecule has 0 bridgehead atoms. The van der Waals surface area contributed by atoms with Crippen molar-refractivity contribution < 1.29 is 19.1 Å². The number of amides is 1. The van der Waals surface area contributed by atoms with Crippen molar-refractivity contribution in [1.82, 2.24) is 0 Å². The third-order valence-corrected chi connectivity index (χ3v) is 7.35. The molecule has 3 aromatic carbocycles. The van der Waals surface area contributed by atoms with Gasteiger partial charge in [-0.05, 0) is 91.2 Å². The lowest BCUT2D eigenvalue weighted by molar-refractivity contribution is -0.145. The Morgan fingerprint density at radius 2 is 1.63 bits per heavy atom. The first-order chi connectivity index (χ1) is 18.4. The number of ether oxygens (including phenoxy) is 2. The number of esters is 1. The average Bonchev–Trinajstić information content (AvgIpc) is 3.22. The Bertz CT molecular complexity index is 1370. The highest BCUT2D eigenvalue weighted by atomic mass is 79.9. The first-order valence-electron chi connectivity index (χ1n) is 12.5. The molecule has 196 valence electrons. The molecule has 1 saturated heterocycles. The van der Waals surface area contributed by atoms with Crippen LogP contribution in [0.3, 0.4) is 0 Å². The van der Waals surface area contributed by atoms with Crippen molar-refractivity contribution in [3.63, 3.8) is 0 Å². The van der Waals surface area contributed by atoms with Gasteiger partial charge in [0, 0.05) is 10.0 Å². The van der Waals surface area contributed by atoms with Crippen LogP contribution in [0.4, 0.5) is 11.4 Å². The Labute approximate surface area is 235 Å². The van der Waals surface area contributed by atoms with Gasteiger partial charge in [-0.15, -0.1) is 0 Å². The summed E-state index contributed by atoms with van der Waals surface area (Å²) >= 11 is 4.80. The topological polar surface area (TPSA) is 68.2 Å². The van der Waals surface area contributed by atoms with E-state index >= 15 is 0 Å². The molecule has 4 rings (SSSR count). The summed E-state index contributed by atoms with van der Waals surface area (Å²) in [7, 11) is 0. The van der Waals surface area contributed by atoms with Crippen molar-refractivity contribution in [3.8, 4) is 5.75 Å². The predicted octanol–water partition coefficient (Wildman–Crippen LogP) is 7.32. The van der Waals surface area contributed by atoms with E-state index in [-0.39, 0.29) is 19.1 Å². The summed E-state index contributed by atoms with van der Waals surface area (Å²) in [5.74, 6) is -0.161. The number of carbonyl (C=O) groups excluding carboxylic acids is 2. The lowest BCUT2D eigenvalue weighted by atomic mass is 10.1. The largest absolute Gasteiger partial charge is 0.481 e. The van der Waals surface area contributed by atoms with Crippen molar-refractivity contribution in [3.05, 3.63) is 92.8 Å². The fourth-order valence-electron chi connectivity index (χ4n) is 3.82. The van der Waals surface area contributed by atoms with Crippen LogP contribution in [0.15, 0.2) is 81.1 Å². The molecule has 6 nitrogen and oxygen atoms in total. The highest BCUT2D eigenvalue weighted by Crippen LogP contribution is 2.39. The van der Waals surface area contributed by atoms with Crippen LogP contribution >= 0.6 is 27.7 Å². The zero-order valence-electron chi connectivity index (χ0n) is 21.6. The number of carbonyl (C=O) groups is 2. The molecule has 0 saturated carbocycles. The maximum absolute atomic E-state index is 13.7. The highest BCUT2D eigenvalue weighted by molar-refractivity contribution is 9.10. The van der Waals surface area contributed by atoms with Gasteiger partial charge in [-0.1, -0.05) is 54.0 Å². The summed E-state index contributed by atoms with van der Waals surface area (Å²) in [6.07, 6.45) is 3.63. The zero-order valence-corrected chi connectivity index (χ0v) is 24.0. The van der Waals surface area contributed by atoms with Gasteiger partial charge in [0.2, 0.25) is 0 Å². The van der Waals surface area contributed by atoms with E-state index in [1.807, 2.05) is 60.7 Å². The molecule has 0 atom stereocenters. The SMILES string of the molecule is CCOC(=O)COc1ccc(Br)cc1/C=C1\SC(=Nc2ccc(CC)cc2)N(c2ccc(CC)cc2)C1=O. The van der Waals surface area contributed by atoms with Crippen LogP contribution in [0.5, 0.6) is 5.75 Å². The Morgan fingerprint density at radius 3 is 2.26 bits per heavy atom. The van der Waals surface area contributed by atoms with Crippen LogP contribution in [0.1, 0.15) is 37.5 Å². The third kappa shape index (κ3) is 6.74. The number of hydrogen-bond acceptors (Lipinski definition) is 6. The molecule has 0 unspecified atom stereocenters. The van der Waals surface area contributed by atoms with Gasteiger partial charge in [0.05, 0.1) is 22.9 Å². The Hall–Kier alpha value is -3.36. The van der Waals surface area contributed by atoms with Gasteiger partial charge < -0.3 is 9.47 Å². The molecule has 0 aliphatic carbocycles. The second-order valence-corrected chi connectivity index (χ2v) is 10.4. The number of anilines is 1. The van der Waals surface area contributed by atoms with E-state index in [0.29, 0.717) is 21.4 Å². The summed E-state index contributed by atoms with van der Waals surface area (Å²) in [5, 5.41) is 0.568. The number of benzene rings is 3. The molecule has 3 aromatic rings.